The maximum absolute atomic E-state index is 14.5. The van der Waals surface area contributed by atoms with E-state index in [1.54, 1.807) is 25.1 Å². The third-order valence-corrected chi connectivity index (χ3v) is 10.1. The summed E-state index contributed by atoms with van der Waals surface area (Å²) in [6, 6.07) is 21.8. The first-order valence-electron chi connectivity index (χ1n) is 15.9. The number of rotatable bonds is 9. The summed E-state index contributed by atoms with van der Waals surface area (Å²) in [5.41, 5.74) is 6.83. The van der Waals surface area contributed by atoms with Crippen molar-refractivity contribution < 1.29 is 33.8 Å². The highest BCUT2D eigenvalue weighted by Crippen LogP contribution is 2.53. The molecule has 3 aromatic rings. The molecule has 0 saturated heterocycles. The van der Waals surface area contributed by atoms with Gasteiger partial charge in [0, 0.05) is 31.7 Å². The average molecular weight is 640 g/mol. The van der Waals surface area contributed by atoms with E-state index in [-0.39, 0.29) is 25.2 Å². The van der Waals surface area contributed by atoms with Crippen LogP contribution in [0.1, 0.15) is 33.5 Å². The normalized spacial score (nSPS) is 28.3. The van der Waals surface area contributed by atoms with Crippen molar-refractivity contribution in [1.82, 2.24) is 4.90 Å². The van der Waals surface area contributed by atoms with Crippen LogP contribution in [0.3, 0.4) is 0 Å². The topological polar surface area (TPSA) is 139 Å². The van der Waals surface area contributed by atoms with Gasteiger partial charge in [0.05, 0.1) is 24.2 Å². The van der Waals surface area contributed by atoms with E-state index < -0.39 is 64.7 Å². The van der Waals surface area contributed by atoms with E-state index in [2.05, 4.69) is 0 Å². The van der Waals surface area contributed by atoms with Gasteiger partial charge in [0.2, 0.25) is 5.91 Å². The Morgan fingerprint density at radius 3 is 2.09 bits per heavy atom. The average Bonchev–Trinajstić information content (AvgIpc) is 3.04. The van der Waals surface area contributed by atoms with E-state index in [0.29, 0.717) is 12.2 Å². The van der Waals surface area contributed by atoms with Gasteiger partial charge in [0.25, 0.3) is 0 Å². The van der Waals surface area contributed by atoms with Crippen LogP contribution in [0.5, 0.6) is 5.75 Å². The van der Waals surface area contributed by atoms with E-state index in [0.717, 1.165) is 22.4 Å². The lowest BCUT2D eigenvalue weighted by Gasteiger charge is -2.55. The lowest BCUT2D eigenvalue weighted by molar-refractivity contribution is -0.196. The fraction of sp³-hybridized carbons (Fsp3) is 0.405. The van der Waals surface area contributed by atoms with Gasteiger partial charge < -0.3 is 30.1 Å². The number of carbonyl (C=O) groups excluding carboxylic acids is 4. The van der Waals surface area contributed by atoms with Crippen LogP contribution >= 0.6 is 0 Å². The molecule has 1 amide bonds. The molecule has 2 saturated carbocycles. The van der Waals surface area contributed by atoms with Crippen LogP contribution in [0.4, 0.5) is 5.69 Å². The number of benzene rings is 3. The lowest BCUT2D eigenvalue weighted by Crippen LogP contribution is -2.75. The molecule has 3 aliphatic rings. The number of hydrogen-bond acceptors (Lipinski definition) is 9. The van der Waals surface area contributed by atoms with Crippen molar-refractivity contribution in [2.24, 2.45) is 29.4 Å². The molecule has 0 bridgehead atoms. The van der Waals surface area contributed by atoms with Crippen LogP contribution in [0.2, 0.25) is 0 Å². The first kappa shape index (κ1) is 32.6. The van der Waals surface area contributed by atoms with Gasteiger partial charge >= 0.3 is 0 Å². The van der Waals surface area contributed by atoms with Crippen molar-refractivity contribution >= 4 is 28.9 Å². The first-order valence-corrected chi connectivity index (χ1v) is 15.9. The number of anilines is 1. The van der Waals surface area contributed by atoms with E-state index in [1.165, 1.54) is 0 Å². The second kappa shape index (κ2) is 12.7. The van der Waals surface area contributed by atoms with Crippen LogP contribution in [0.25, 0.3) is 0 Å². The van der Waals surface area contributed by atoms with Crippen LogP contribution in [-0.2, 0) is 38.8 Å². The lowest BCUT2D eigenvalue weighted by atomic mass is 9.52. The van der Waals surface area contributed by atoms with Crippen molar-refractivity contribution in [3.8, 4) is 5.75 Å². The molecule has 47 heavy (non-hydrogen) atoms. The van der Waals surface area contributed by atoms with Gasteiger partial charge in [-0.1, -0.05) is 60.7 Å². The Hall–Kier alpha value is -4.38. The minimum Gasteiger partial charge on any atom is -0.488 e. The number of carbonyl (C=O) groups is 4. The number of likely N-dealkylation sites (N-methyl/N-ethyl adjacent to an activating group) is 1. The smallest absolute Gasteiger partial charge is 0.230 e. The Kier molecular flexibility index (Phi) is 8.78. The fourth-order valence-electron chi connectivity index (χ4n) is 7.99. The molecule has 0 aliphatic heterocycles. The Morgan fingerprint density at radius 1 is 0.894 bits per heavy atom. The summed E-state index contributed by atoms with van der Waals surface area (Å²) in [6.45, 7) is 0.311. The minimum absolute atomic E-state index is 0.0991. The first-order chi connectivity index (χ1) is 22.4. The van der Waals surface area contributed by atoms with Gasteiger partial charge in [0.1, 0.15) is 18.3 Å². The Bertz CT molecular complexity index is 1690. The number of amides is 1. The molecule has 3 unspecified atom stereocenters. The molecule has 0 heterocycles. The van der Waals surface area contributed by atoms with Crippen molar-refractivity contribution in [3.05, 3.63) is 95.1 Å². The van der Waals surface area contributed by atoms with Crippen molar-refractivity contribution in [2.75, 3.05) is 33.1 Å². The molecular weight excluding hydrogens is 598 g/mol. The van der Waals surface area contributed by atoms with Crippen molar-refractivity contribution in [1.29, 1.82) is 0 Å². The molecule has 7 atom stereocenters. The third-order valence-electron chi connectivity index (χ3n) is 10.1. The maximum atomic E-state index is 14.5. The number of fused-ring (bicyclic) bond motifs is 3. The molecule has 0 spiro atoms. The van der Waals surface area contributed by atoms with Crippen LogP contribution in [0, 0.1) is 23.7 Å². The number of nitrogens with two attached hydrogens (primary N) is 1. The van der Waals surface area contributed by atoms with Crippen LogP contribution < -0.4 is 15.4 Å². The molecule has 10 nitrogen and oxygen atoms in total. The third kappa shape index (κ3) is 5.54. The number of nitrogens with zero attached hydrogens (tertiary/aromatic N) is 2. The summed E-state index contributed by atoms with van der Waals surface area (Å²) in [5, 5.41) is 12.3. The number of ketones is 3. The molecule has 3 aliphatic carbocycles. The summed E-state index contributed by atoms with van der Waals surface area (Å²) in [4.78, 5) is 59.8. The molecule has 246 valence electrons. The highest BCUT2D eigenvalue weighted by Gasteiger charge is 2.69. The van der Waals surface area contributed by atoms with Gasteiger partial charge in [-0.2, -0.15) is 0 Å². The molecular formula is C37H41N3O7. The van der Waals surface area contributed by atoms with E-state index >= 15 is 0 Å². The van der Waals surface area contributed by atoms with Crippen molar-refractivity contribution in [3.63, 3.8) is 0 Å². The second-order valence-electron chi connectivity index (χ2n) is 13.3. The summed E-state index contributed by atoms with van der Waals surface area (Å²) >= 11 is 0. The second-order valence-corrected chi connectivity index (χ2v) is 13.3. The highest BCUT2D eigenvalue weighted by molar-refractivity contribution is 6.25. The van der Waals surface area contributed by atoms with E-state index in [1.807, 2.05) is 85.7 Å². The molecule has 3 N–H and O–H groups in total. The van der Waals surface area contributed by atoms with Crippen LogP contribution in [-0.4, -0.2) is 79.2 Å². The summed E-state index contributed by atoms with van der Waals surface area (Å²) in [7, 11) is 7.30. The van der Waals surface area contributed by atoms with E-state index in [9.17, 15) is 24.3 Å². The largest absolute Gasteiger partial charge is 0.488 e. The van der Waals surface area contributed by atoms with Gasteiger partial charge in [-0.3, -0.25) is 19.2 Å². The van der Waals surface area contributed by atoms with Gasteiger partial charge in [-0.25, -0.2) is 0 Å². The number of aliphatic hydroxyl groups is 1. The quantitative estimate of drug-likeness (QED) is 0.339. The molecule has 6 rings (SSSR count). The Labute approximate surface area is 274 Å². The van der Waals surface area contributed by atoms with Gasteiger partial charge in [0.15, 0.2) is 23.0 Å². The number of ether oxygens (including phenoxy) is 2. The number of hydrogen-bond donors (Lipinski definition) is 2. The zero-order valence-electron chi connectivity index (χ0n) is 27.1. The maximum Gasteiger partial charge on any atom is 0.230 e. The zero-order valence-corrected chi connectivity index (χ0v) is 27.1. The molecule has 0 aromatic heterocycles. The minimum atomic E-state index is -2.60. The molecule has 10 heteroatoms. The predicted octanol–water partition coefficient (Wildman–Crippen LogP) is 2.82. The van der Waals surface area contributed by atoms with Crippen molar-refractivity contribution in [2.45, 2.75) is 43.8 Å². The van der Waals surface area contributed by atoms with Gasteiger partial charge in [-0.15, -0.1) is 0 Å². The monoisotopic (exact) mass is 639 g/mol. The molecule has 3 aromatic carbocycles. The number of Topliss-reactive ketones (excluding diaryl/α,β-unsaturated/α-hetero) is 3. The highest BCUT2D eigenvalue weighted by atomic mass is 16.5. The fourth-order valence-corrected chi connectivity index (χ4v) is 7.99. The summed E-state index contributed by atoms with van der Waals surface area (Å²) in [6.07, 6.45) is -0.471. The van der Waals surface area contributed by atoms with Gasteiger partial charge in [-0.05, 0) is 61.7 Å². The molecule has 2 fully saturated rings. The predicted molar refractivity (Wildman–Crippen MR) is 175 cm³/mol. The zero-order chi connectivity index (χ0) is 33.6. The van der Waals surface area contributed by atoms with Crippen LogP contribution in [0.15, 0.2) is 72.8 Å². The molecule has 0 radical (unpaired) electrons. The summed E-state index contributed by atoms with van der Waals surface area (Å²) < 4.78 is 12.5. The Balaban J connectivity index is 1.40. The summed E-state index contributed by atoms with van der Waals surface area (Å²) in [5.74, 6) is -7.35. The Morgan fingerprint density at radius 2 is 1.51 bits per heavy atom. The SMILES string of the molecule is CN(C)c1ccc(OCc2ccccc2)c2c1C[C@@H]1C[C@@H]3[C@@H](N(C)C)C(OCc4ccccc4)C(C(N)=O)C(=O)[C@]3(O)C(=O)C1C2=O. The standard InChI is InChI=1S/C37H41N3O7/c1-39(2)26-15-16-27(46-19-21-11-7-5-8-12-21)29-24(26)17-23-18-25-31(40(3)4)33(47-20-22-13-9-6-10-14-22)30(36(38)44)35(43)37(25,45)34(42)28(23)32(29)41/h5-16,23,25,28,30-31,33,45H,17-20H2,1-4H3,(H2,38,44)/t23-,25-,28?,30?,31-,33?,37-/m1/s1. The number of primary amides is 1. The van der Waals surface area contributed by atoms with E-state index in [4.69, 9.17) is 15.2 Å².